The molecule has 0 bridgehead atoms. The van der Waals surface area contributed by atoms with Crippen molar-refractivity contribution in [3.8, 4) is 0 Å². The van der Waals surface area contributed by atoms with Gasteiger partial charge in [0.15, 0.2) is 11.8 Å². The molecule has 1 aromatic rings. The fraction of sp³-hybridized carbons (Fsp3) is 0.864. The molecule has 1 saturated heterocycles. The van der Waals surface area contributed by atoms with Gasteiger partial charge in [0.25, 0.3) is 0 Å². The number of hydrogen-bond acceptors (Lipinski definition) is 5. The quantitative estimate of drug-likeness (QED) is 0.214. The van der Waals surface area contributed by atoms with E-state index in [2.05, 4.69) is 39.6 Å². The lowest BCUT2D eigenvalue weighted by atomic mass is 9.78. The summed E-state index contributed by atoms with van der Waals surface area (Å²) in [5.74, 6) is 3.48. The summed E-state index contributed by atoms with van der Waals surface area (Å²) in [4.78, 5) is 7.29. The maximum atomic E-state index is 5.44. The lowest BCUT2D eigenvalue weighted by Gasteiger charge is -2.32. The molecule has 0 amide bonds. The molecule has 1 aliphatic heterocycles. The van der Waals surface area contributed by atoms with E-state index >= 15 is 0 Å². The minimum Gasteiger partial charge on any atom is -0.379 e. The highest BCUT2D eigenvalue weighted by Gasteiger charge is 2.31. The van der Waals surface area contributed by atoms with Gasteiger partial charge in [0.2, 0.25) is 0 Å². The molecule has 0 atom stereocenters. The van der Waals surface area contributed by atoms with Crippen LogP contribution in [0, 0.1) is 18.3 Å². The number of nitrogens with one attached hydrogen (secondary N) is 2. The van der Waals surface area contributed by atoms with Crippen LogP contribution in [0.3, 0.4) is 0 Å². The van der Waals surface area contributed by atoms with Gasteiger partial charge < -0.3 is 19.9 Å². The zero-order valence-electron chi connectivity index (χ0n) is 19.8. The maximum absolute atomic E-state index is 5.44. The van der Waals surface area contributed by atoms with Crippen molar-refractivity contribution in [2.24, 2.45) is 23.4 Å². The van der Waals surface area contributed by atoms with E-state index in [-0.39, 0.29) is 29.4 Å². The Hall–Kier alpha value is -0.940. The number of ether oxygens (including phenoxy) is 1. The van der Waals surface area contributed by atoms with E-state index in [1.54, 1.807) is 0 Å². The Morgan fingerprint density at radius 2 is 1.87 bits per heavy atom. The highest BCUT2D eigenvalue weighted by atomic mass is 127. The molecule has 31 heavy (non-hydrogen) atoms. The normalized spacial score (nSPS) is 18.8. The lowest BCUT2D eigenvalue weighted by Crippen LogP contribution is -2.45. The van der Waals surface area contributed by atoms with Crippen LogP contribution in [0.1, 0.15) is 57.6 Å². The van der Waals surface area contributed by atoms with Crippen LogP contribution in [0.5, 0.6) is 0 Å². The second-order valence-corrected chi connectivity index (χ2v) is 9.45. The first-order chi connectivity index (χ1) is 14.5. The van der Waals surface area contributed by atoms with Gasteiger partial charge in [-0.15, -0.1) is 34.2 Å². The van der Waals surface area contributed by atoms with Crippen LogP contribution in [0.25, 0.3) is 0 Å². The average Bonchev–Trinajstić information content (AvgIpc) is 3.40. The fourth-order valence-corrected chi connectivity index (χ4v) is 4.41. The van der Waals surface area contributed by atoms with E-state index in [0.717, 1.165) is 75.9 Å². The number of morpholine rings is 1. The molecule has 0 unspecified atom stereocenters. The highest BCUT2D eigenvalue weighted by Crippen LogP contribution is 2.38. The van der Waals surface area contributed by atoms with Crippen molar-refractivity contribution < 1.29 is 4.74 Å². The summed E-state index contributed by atoms with van der Waals surface area (Å²) >= 11 is 0. The van der Waals surface area contributed by atoms with Crippen molar-refractivity contribution in [3.63, 3.8) is 0 Å². The van der Waals surface area contributed by atoms with Gasteiger partial charge in [-0.1, -0.05) is 26.7 Å². The second-order valence-electron chi connectivity index (χ2n) is 9.45. The summed E-state index contributed by atoms with van der Waals surface area (Å²) in [6.07, 6.45) is 6.55. The number of hydrogen-bond donors (Lipinski definition) is 2. The van der Waals surface area contributed by atoms with Crippen molar-refractivity contribution in [2.75, 3.05) is 45.9 Å². The van der Waals surface area contributed by atoms with Crippen LogP contribution in [0.15, 0.2) is 4.99 Å². The van der Waals surface area contributed by atoms with Gasteiger partial charge in [-0.25, -0.2) is 4.99 Å². The molecular formula is C22H42IN7O. The van der Waals surface area contributed by atoms with Gasteiger partial charge >= 0.3 is 0 Å². The average molecular weight is 548 g/mol. The van der Waals surface area contributed by atoms with Gasteiger partial charge in [-0.2, -0.15) is 0 Å². The lowest BCUT2D eigenvalue weighted by molar-refractivity contribution is 0.0376. The van der Waals surface area contributed by atoms with Gasteiger partial charge in [-0.05, 0) is 44.1 Å². The number of aliphatic imine (C=N–C) groups is 1. The van der Waals surface area contributed by atoms with E-state index in [4.69, 9.17) is 9.73 Å². The molecule has 1 aromatic heterocycles. The van der Waals surface area contributed by atoms with E-state index in [1.807, 2.05) is 18.5 Å². The molecule has 0 spiro atoms. The molecule has 2 heterocycles. The first kappa shape index (κ1) is 26.3. The van der Waals surface area contributed by atoms with Crippen LogP contribution in [-0.2, 0) is 18.3 Å². The van der Waals surface area contributed by atoms with E-state index in [0.29, 0.717) is 6.54 Å². The molecule has 2 fully saturated rings. The number of rotatable bonds is 9. The highest BCUT2D eigenvalue weighted by molar-refractivity contribution is 14.0. The number of aryl methyl sites for hydroxylation is 1. The second kappa shape index (κ2) is 12.9. The van der Waals surface area contributed by atoms with Crippen molar-refractivity contribution in [3.05, 3.63) is 11.6 Å². The SMILES string of the molecule is Cc1nnc(CN=C(NCCCN2CCOCC2)NCC(C)(C)C2CCCC2)n1C.I. The minimum atomic E-state index is 0. The van der Waals surface area contributed by atoms with Gasteiger partial charge in [0, 0.05) is 33.2 Å². The predicted octanol–water partition coefficient (Wildman–Crippen LogP) is 2.72. The van der Waals surface area contributed by atoms with Crippen molar-refractivity contribution in [1.29, 1.82) is 0 Å². The van der Waals surface area contributed by atoms with Gasteiger partial charge in [0.05, 0.1) is 13.2 Å². The summed E-state index contributed by atoms with van der Waals surface area (Å²) in [5, 5.41) is 15.6. The van der Waals surface area contributed by atoms with Crippen LogP contribution >= 0.6 is 24.0 Å². The minimum absolute atomic E-state index is 0. The zero-order chi connectivity index (χ0) is 21.4. The third-order valence-electron chi connectivity index (χ3n) is 6.78. The fourth-order valence-electron chi connectivity index (χ4n) is 4.41. The molecule has 0 radical (unpaired) electrons. The van der Waals surface area contributed by atoms with Gasteiger partial charge in [0.1, 0.15) is 12.4 Å². The van der Waals surface area contributed by atoms with Crippen molar-refractivity contribution in [2.45, 2.75) is 59.4 Å². The Labute approximate surface area is 205 Å². The van der Waals surface area contributed by atoms with Crippen molar-refractivity contribution in [1.82, 2.24) is 30.3 Å². The van der Waals surface area contributed by atoms with Crippen LogP contribution in [0.2, 0.25) is 0 Å². The first-order valence-corrected chi connectivity index (χ1v) is 11.6. The first-order valence-electron chi connectivity index (χ1n) is 11.6. The third kappa shape index (κ3) is 8.16. The van der Waals surface area contributed by atoms with E-state index in [9.17, 15) is 0 Å². The van der Waals surface area contributed by atoms with Crippen LogP contribution < -0.4 is 10.6 Å². The van der Waals surface area contributed by atoms with Gasteiger partial charge in [-0.3, -0.25) is 4.90 Å². The Morgan fingerprint density at radius 1 is 1.16 bits per heavy atom. The Kier molecular flexibility index (Phi) is 11.0. The molecule has 9 heteroatoms. The summed E-state index contributed by atoms with van der Waals surface area (Å²) in [5.41, 5.74) is 0.272. The number of guanidine groups is 1. The number of aromatic nitrogens is 3. The van der Waals surface area contributed by atoms with Crippen LogP contribution in [-0.4, -0.2) is 71.6 Å². The Balaban J connectivity index is 0.00000341. The standard InChI is InChI=1S/C22H41N7O.HI/c1-18-26-27-20(28(18)4)16-24-21(23-10-7-11-29-12-14-30-15-13-29)25-17-22(2,3)19-8-5-6-9-19;/h19H,5-17H2,1-4H3,(H2,23,24,25);1H. The topological polar surface area (TPSA) is 79.6 Å². The molecule has 0 aromatic carbocycles. The monoisotopic (exact) mass is 547 g/mol. The molecular weight excluding hydrogens is 505 g/mol. The molecule has 2 N–H and O–H groups in total. The molecule has 178 valence electrons. The summed E-state index contributed by atoms with van der Waals surface area (Å²) in [6.45, 7) is 14.0. The van der Waals surface area contributed by atoms with E-state index in [1.165, 1.54) is 25.7 Å². The number of halogens is 1. The Morgan fingerprint density at radius 3 is 2.52 bits per heavy atom. The van der Waals surface area contributed by atoms with Crippen molar-refractivity contribution >= 4 is 29.9 Å². The smallest absolute Gasteiger partial charge is 0.191 e. The summed E-state index contributed by atoms with van der Waals surface area (Å²) < 4.78 is 7.44. The molecule has 3 rings (SSSR count). The van der Waals surface area contributed by atoms with E-state index < -0.39 is 0 Å². The maximum Gasteiger partial charge on any atom is 0.191 e. The molecule has 2 aliphatic rings. The van der Waals surface area contributed by atoms with Crippen LogP contribution in [0.4, 0.5) is 0 Å². The summed E-state index contributed by atoms with van der Waals surface area (Å²) in [7, 11) is 1.99. The predicted molar refractivity (Wildman–Crippen MR) is 136 cm³/mol. The largest absolute Gasteiger partial charge is 0.379 e. The molecule has 8 nitrogen and oxygen atoms in total. The zero-order valence-corrected chi connectivity index (χ0v) is 22.2. The molecule has 1 aliphatic carbocycles. The molecule has 1 saturated carbocycles. The third-order valence-corrected chi connectivity index (χ3v) is 6.78. The summed E-state index contributed by atoms with van der Waals surface area (Å²) in [6, 6.07) is 0. The Bertz CT molecular complexity index is 679. The number of nitrogens with zero attached hydrogens (tertiary/aromatic N) is 5.